The van der Waals surface area contributed by atoms with Crippen LogP contribution in [0.15, 0.2) is 42.6 Å². The molecule has 0 saturated carbocycles. The van der Waals surface area contributed by atoms with Gasteiger partial charge in [0.1, 0.15) is 5.69 Å². The van der Waals surface area contributed by atoms with Crippen molar-refractivity contribution in [2.45, 2.75) is 25.3 Å². The van der Waals surface area contributed by atoms with Crippen molar-refractivity contribution in [2.75, 3.05) is 6.54 Å². The number of likely N-dealkylation sites (tertiary alicyclic amines) is 1. The van der Waals surface area contributed by atoms with Gasteiger partial charge in [-0.25, -0.2) is 0 Å². The lowest BCUT2D eigenvalue weighted by Crippen LogP contribution is -2.39. The summed E-state index contributed by atoms with van der Waals surface area (Å²) >= 11 is 0. The molecule has 4 rings (SSSR count). The van der Waals surface area contributed by atoms with E-state index in [9.17, 15) is 9.59 Å². The van der Waals surface area contributed by atoms with Gasteiger partial charge in [0.15, 0.2) is 5.69 Å². The van der Waals surface area contributed by atoms with Crippen molar-refractivity contribution in [1.82, 2.24) is 30.1 Å². The van der Waals surface area contributed by atoms with Crippen LogP contribution in [-0.4, -0.2) is 48.5 Å². The minimum Gasteiger partial charge on any atom is -0.364 e. The molecule has 3 N–H and O–H groups in total. The SMILES string of the molecule is NC(=O)c1cc([C@H]2CCCCN2C(=O)c2cnn(-c3ccccc3)n2)[nH]n1. The van der Waals surface area contributed by atoms with Gasteiger partial charge in [0.2, 0.25) is 0 Å². The van der Waals surface area contributed by atoms with Gasteiger partial charge in [0, 0.05) is 6.54 Å². The van der Waals surface area contributed by atoms with Crippen LogP contribution in [0.1, 0.15) is 52.0 Å². The van der Waals surface area contributed by atoms with Gasteiger partial charge in [0.25, 0.3) is 11.8 Å². The van der Waals surface area contributed by atoms with Gasteiger partial charge in [-0.05, 0) is 37.5 Å². The standard InChI is InChI=1S/C18H19N7O2/c19-17(26)14-10-13(21-22-14)16-8-4-5-9-24(16)18(27)15-11-20-25(23-15)12-6-2-1-3-7-12/h1-3,6-7,10-11,16H,4-5,8-9H2,(H2,19,26)(H,21,22)/t16-/m1/s1. The van der Waals surface area contributed by atoms with E-state index in [2.05, 4.69) is 20.4 Å². The first kappa shape index (κ1) is 17.0. The summed E-state index contributed by atoms with van der Waals surface area (Å²) in [5.74, 6) is -0.797. The van der Waals surface area contributed by atoms with Crippen molar-refractivity contribution in [2.24, 2.45) is 5.73 Å². The predicted molar refractivity (Wildman–Crippen MR) is 96.1 cm³/mol. The van der Waals surface area contributed by atoms with E-state index >= 15 is 0 Å². The molecule has 0 spiro atoms. The lowest BCUT2D eigenvalue weighted by atomic mass is 9.98. The highest BCUT2D eigenvalue weighted by molar-refractivity contribution is 5.92. The zero-order valence-electron chi connectivity index (χ0n) is 14.6. The van der Waals surface area contributed by atoms with E-state index < -0.39 is 5.91 Å². The molecule has 1 fully saturated rings. The largest absolute Gasteiger partial charge is 0.364 e. The number of aromatic amines is 1. The molecule has 9 nitrogen and oxygen atoms in total. The van der Waals surface area contributed by atoms with Crippen LogP contribution >= 0.6 is 0 Å². The fourth-order valence-corrected chi connectivity index (χ4v) is 3.33. The van der Waals surface area contributed by atoms with Crippen LogP contribution in [0.3, 0.4) is 0 Å². The van der Waals surface area contributed by atoms with Gasteiger partial charge < -0.3 is 10.6 Å². The molecule has 1 saturated heterocycles. The zero-order chi connectivity index (χ0) is 18.8. The molecule has 138 valence electrons. The molecule has 1 atom stereocenters. The van der Waals surface area contributed by atoms with E-state index in [0.717, 1.165) is 24.9 Å². The monoisotopic (exact) mass is 365 g/mol. The van der Waals surface area contributed by atoms with Crippen LogP contribution in [0.4, 0.5) is 0 Å². The zero-order valence-corrected chi connectivity index (χ0v) is 14.6. The Hall–Kier alpha value is -3.49. The number of amides is 2. The quantitative estimate of drug-likeness (QED) is 0.724. The molecule has 0 unspecified atom stereocenters. The number of hydrogen-bond acceptors (Lipinski definition) is 5. The Morgan fingerprint density at radius 2 is 1.96 bits per heavy atom. The average Bonchev–Trinajstić information content (AvgIpc) is 3.38. The molecule has 3 aromatic rings. The molecular weight excluding hydrogens is 346 g/mol. The van der Waals surface area contributed by atoms with Crippen molar-refractivity contribution < 1.29 is 9.59 Å². The summed E-state index contributed by atoms with van der Waals surface area (Å²) in [4.78, 5) is 27.6. The average molecular weight is 365 g/mol. The number of benzene rings is 1. The first-order valence-corrected chi connectivity index (χ1v) is 8.77. The second-order valence-corrected chi connectivity index (χ2v) is 6.44. The summed E-state index contributed by atoms with van der Waals surface area (Å²) in [6.45, 7) is 0.604. The Bertz CT molecular complexity index is 963. The first-order valence-electron chi connectivity index (χ1n) is 8.77. The highest BCUT2D eigenvalue weighted by Crippen LogP contribution is 2.31. The molecular formula is C18H19N7O2. The van der Waals surface area contributed by atoms with E-state index in [1.54, 1.807) is 11.0 Å². The third-order valence-electron chi connectivity index (χ3n) is 4.67. The number of nitrogens with two attached hydrogens (primary N) is 1. The van der Waals surface area contributed by atoms with Crippen LogP contribution in [-0.2, 0) is 0 Å². The lowest BCUT2D eigenvalue weighted by Gasteiger charge is -2.34. The summed E-state index contributed by atoms with van der Waals surface area (Å²) < 4.78 is 0. The highest BCUT2D eigenvalue weighted by Gasteiger charge is 2.31. The number of nitrogens with zero attached hydrogens (tertiary/aromatic N) is 5. The van der Waals surface area contributed by atoms with Crippen molar-refractivity contribution >= 4 is 11.8 Å². The number of carbonyl (C=O) groups excluding carboxylic acids is 2. The summed E-state index contributed by atoms with van der Waals surface area (Å²) in [6.07, 6.45) is 4.14. The molecule has 3 heterocycles. The van der Waals surface area contributed by atoms with Crippen molar-refractivity contribution in [1.29, 1.82) is 0 Å². The smallest absolute Gasteiger partial charge is 0.276 e. The van der Waals surface area contributed by atoms with Gasteiger partial charge in [-0.15, -0.1) is 5.10 Å². The minimum atomic E-state index is -0.600. The van der Waals surface area contributed by atoms with E-state index in [1.807, 2.05) is 30.3 Å². The van der Waals surface area contributed by atoms with E-state index in [4.69, 9.17) is 5.73 Å². The minimum absolute atomic E-state index is 0.165. The van der Waals surface area contributed by atoms with Gasteiger partial charge >= 0.3 is 0 Å². The van der Waals surface area contributed by atoms with Gasteiger partial charge in [0.05, 0.1) is 23.6 Å². The Labute approximate surface area is 155 Å². The number of hydrogen-bond donors (Lipinski definition) is 2. The predicted octanol–water partition coefficient (Wildman–Crippen LogP) is 1.46. The molecule has 1 aliphatic heterocycles. The number of carbonyl (C=O) groups is 2. The Balaban J connectivity index is 1.59. The summed E-state index contributed by atoms with van der Waals surface area (Å²) in [5, 5.41) is 15.3. The van der Waals surface area contributed by atoms with Gasteiger partial charge in [-0.2, -0.15) is 15.0 Å². The summed E-state index contributed by atoms with van der Waals surface area (Å²) in [7, 11) is 0. The Morgan fingerprint density at radius 3 is 2.70 bits per heavy atom. The van der Waals surface area contributed by atoms with E-state index in [-0.39, 0.29) is 23.3 Å². The molecule has 9 heteroatoms. The van der Waals surface area contributed by atoms with Crippen molar-refractivity contribution in [3.63, 3.8) is 0 Å². The number of para-hydroxylation sites is 1. The number of rotatable bonds is 4. The molecule has 0 bridgehead atoms. The van der Waals surface area contributed by atoms with Crippen LogP contribution in [0.2, 0.25) is 0 Å². The topological polar surface area (TPSA) is 123 Å². The number of piperidine rings is 1. The molecule has 1 aliphatic rings. The summed E-state index contributed by atoms with van der Waals surface area (Å²) in [6, 6.07) is 10.8. The van der Waals surface area contributed by atoms with Crippen LogP contribution < -0.4 is 5.73 Å². The maximum atomic E-state index is 13.1. The Morgan fingerprint density at radius 1 is 1.15 bits per heavy atom. The van der Waals surface area contributed by atoms with Crippen LogP contribution in [0, 0.1) is 0 Å². The van der Waals surface area contributed by atoms with E-state index in [1.165, 1.54) is 11.0 Å². The van der Waals surface area contributed by atoms with Gasteiger partial charge in [-0.3, -0.25) is 14.7 Å². The highest BCUT2D eigenvalue weighted by atomic mass is 16.2. The van der Waals surface area contributed by atoms with E-state index in [0.29, 0.717) is 12.2 Å². The third kappa shape index (κ3) is 3.31. The number of nitrogens with one attached hydrogen (secondary N) is 1. The molecule has 27 heavy (non-hydrogen) atoms. The maximum absolute atomic E-state index is 13.1. The molecule has 0 aliphatic carbocycles. The van der Waals surface area contributed by atoms with Gasteiger partial charge in [-0.1, -0.05) is 18.2 Å². The lowest BCUT2D eigenvalue weighted by molar-refractivity contribution is 0.0599. The Kier molecular flexibility index (Phi) is 4.41. The molecule has 2 aromatic heterocycles. The normalized spacial score (nSPS) is 17.0. The molecule has 2 amide bonds. The first-order chi connectivity index (χ1) is 13.1. The molecule has 1 aromatic carbocycles. The maximum Gasteiger partial charge on any atom is 0.276 e. The number of aromatic nitrogens is 5. The number of primary amides is 1. The third-order valence-corrected chi connectivity index (χ3v) is 4.67. The van der Waals surface area contributed by atoms with Crippen molar-refractivity contribution in [3.05, 3.63) is 59.7 Å². The second kappa shape index (κ2) is 7.02. The fraction of sp³-hybridized carbons (Fsp3) is 0.278. The fourth-order valence-electron chi connectivity index (χ4n) is 3.33. The van der Waals surface area contributed by atoms with Crippen LogP contribution in [0.25, 0.3) is 5.69 Å². The molecule has 0 radical (unpaired) electrons. The summed E-state index contributed by atoms with van der Waals surface area (Å²) in [5.41, 5.74) is 7.21. The van der Waals surface area contributed by atoms with Crippen LogP contribution in [0.5, 0.6) is 0 Å². The second-order valence-electron chi connectivity index (χ2n) is 6.44. The number of H-pyrrole nitrogens is 1. The van der Waals surface area contributed by atoms with Crippen molar-refractivity contribution in [3.8, 4) is 5.69 Å².